The molecule has 0 radical (unpaired) electrons. The molecule has 0 unspecified atom stereocenters. The molecule has 0 saturated heterocycles. The van der Waals surface area contributed by atoms with Crippen molar-refractivity contribution >= 4 is 0 Å². The van der Waals surface area contributed by atoms with Crippen molar-refractivity contribution in [2.45, 2.75) is 92.8 Å². The fourth-order valence-electron chi connectivity index (χ4n) is 1.17. The fraction of sp³-hybridized carbons (Fsp3) is 1.00. The topological polar surface area (TPSA) is 46.2 Å². The number of ether oxygens (including phenoxy) is 5. The average Bonchev–Trinajstić information content (AvgIpc) is 2.11. The summed E-state index contributed by atoms with van der Waals surface area (Å²) in [4.78, 5) is 0. The molecule has 0 N–H and O–H groups in total. The molecule has 5 heteroatoms. The maximum atomic E-state index is 5.60. The summed E-state index contributed by atoms with van der Waals surface area (Å²) in [6, 6.07) is 0. The van der Waals surface area contributed by atoms with Crippen molar-refractivity contribution in [3.63, 3.8) is 0 Å². The summed E-state index contributed by atoms with van der Waals surface area (Å²) < 4.78 is 27.8. The third kappa shape index (κ3) is 11.3. The van der Waals surface area contributed by atoms with Crippen molar-refractivity contribution in [1.82, 2.24) is 0 Å². The minimum absolute atomic E-state index is 0.0116. The number of rotatable bonds is 10. The van der Waals surface area contributed by atoms with Crippen LogP contribution in [-0.2, 0) is 23.7 Å². The van der Waals surface area contributed by atoms with Crippen LogP contribution >= 0.6 is 0 Å². The maximum Gasteiger partial charge on any atom is 0.276 e. The van der Waals surface area contributed by atoms with Crippen LogP contribution in [0.25, 0.3) is 0 Å². The Kier molecular flexibility index (Phi) is 9.56. The predicted octanol–water partition coefficient (Wildman–Crippen LogP) is 3.27. The number of hydrogen-bond donors (Lipinski definition) is 0. The van der Waals surface area contributed by atoms with Crippen molar-refractivity contribution in [3.8, 4) is 0 Å². The van der Waals surface area contributed by atoms with E-state index in [4.69, 9.17) is 23.7 Å². The second-order valence-corrected chi connectivity index (χ2v) is 5.45. The van der Waals surface area contributed by atoms with Crippen molar-refractivity contribution in [1.29, 1.82) is 0 Å². The fourth-order valence-corrected chi connectivity index (χ4v) is 1.17. The van der Waals surface area contributed by atoms with E-state index in [1.54, 1.807) is 0 Å². The third-order valence-corrected chi connectivity index (χ3v) is 1.76. The summed E-state index contributed by atoms with van der Waals surface area (Å²) in [6.45, 7) is 13.7. The van der Waals surface area contributed by atoms with Gasteiger partial charge in [-0.2, -0.15) is 0 Å². The van der Waals surface area contributed by atoms with Gasteiger partial charge in [0.05, 0.1) is 24.4 Å². The lowest BCUT2D eigenvalue weighted by molar-refractivity contribution is -0.417. The molecular weight excluding hydrogens is 248 g/mol. The standard InChI is InChI=1S/C14H30O5/c1-9(2)15-13(16-10(3)4)19-14(17-11(5)6)18-12(7)8/h9-14H,1-8H3. The molecule has 0 saturated carbocycles. The van der Waals surface area contributed by atoms with Crippen LogP contribution < -0.4 is 0 Å². The van der Waals surface area contributed by atoms with E-state index in [9.17, 15) is 0 Å². The quantitative estimate of drug-likeness (QED) is 0.574. The molecule has 0 bridgehead atoms. The van der Waals surface area contributed by atoms with Gasteiger partial charge in [-0.1, -0.05) is 0 Å². The molecule has 0 atom stereocenters. The molecule has 0 aromatic carbocycles. The molecule has 19 heavy (non-hydrogen) atoms. The van der Waals surface area contributed by atoms with E-state index in [0.29, 0.717) is 0 Å². The van der Waals surface area contributed by atoms with Crippen molar-refractivity contribution in [2.24, 2.45) is 0 Å². The molecule has 0 heterocycles. The van der Waals surface area contributed by atoms with Crippen LogP contribution in [0.5, 0.6) is 0 Å². The lowest BCUT2D eigenvalue weighted by Gasteiger charge is -2.29. The Morgan fingerprint density at radius 2 is 0.579 bits per heavy atom. The van der Waals surface area contributed by atoms with Crippen LogP contribution in [0, 0.1) is 0 Å². The number of hydrogen-bond acceptors (Lipinski definition) is 5. The van der Waals surface area contributed by atoms with Crippen LogP contribution in [0.3, 0.4) is 0 Å². The van der Waals surface area contributed by atoms with Gasteiger partial charge in [-0.3, -0.25) is 4.74 Å². The molecule has 5 nitrogen and oxygen atoms in total. The molecule has 0 fully saturated rings. The predicted molar refractivity (Wildman–Crippen MR) is 73.5 cm³/mol. The molecule has 0 spiro atoms. The highest BCUT2D eigenvalue weighted by molar-refractivity contribution is 4.44. The molecule has 0 amide bonds. The summed E-state index contributed by atoms with van der Waals surface area (Å²) >= 11 is 0. The van der Waals surface area contributed by atoms with Gasteiger partial charge in [0.25, 0.3) is 13.0 Å². The van der Waals surface area contributed by atoms with Gasteiger partial charge in [-0.05, 0) is 55.4 Å². The molecule has 0 aliphatic heterocycles. The molecule has 0 aromatic rings. The Hall–Kier alpha value is -0.200. The Morgan fingerprint density at radius 1 is 0.368 bits per heavy atom. The van der Waals surface area contributed by atoms with Crippen molar-refractivity contribution < 1.29 is 23.7 Å². The second kappa shape index (κ2) is 9.66. The maximum absolute atomic E-state index is 5.60. The zero-order chi connectivity index (χ0) is 15.0. The first-order chi connectivity index (χ1) is 8.70. The van der Waals surface area contributed by atoms with Crippen LogP contribution in [0.2, 0.25) is 0 Å². The van der Waals surface area contributed by atoms with E-state index in [1.165, 1.54) is 0 Å². The first-order valence-corrected chi connectivity index (χ1v) is 6.98. The van der Waals surface area contributed by atoms with Gasteiger partial charge in [0.15, 0.2) is 0 Å². The average molecular weight is 278 g/mol. The van der Waals surface area contributed by atoms with Gasteiger partial charge in [-0.25, -0.2) is 0 Å². The van der Waals surface area contributed by atoms with Gasteiger partial charge in [-0.15, -0.1) is 0 Å². The molecule has 0 rings (SSSR count). The van der Waals surface area contributed by atoms with Gasteiger partial charge < -0.3 is 18.9 Å². The summed E-state index contributed by atoms with van der Waals surface area (Å²) in [7, 11) is 0. The molecule has 116 valence electrons. The zero-order valence-corrected chi connectivity index (χ0v) is 13.5. The normalized spacial score (nSPS) is 12.9. The lowest BCUT2D eigenvalue weighted by Crippen LogP contribution is -2.36. The highest BCUT2D eigenvalue weighted by Crippen LogP contribution is 2.13. The first kappa shape index (κ1) is 18.8. The summed E-state index contributed by atoms with van der Waals surface area (Å²) in [5, 5.41) is 0. The Balaban J connectivity index is 4.51. The smallest absolute Gasteiger partial charge is 0.276 e. The largest absolute Gasteiger partial charge is 0.327 e. The SMILES string of the molecule is CC(C)OC(OC(C)C)OC(OC(C)C)OC(C)C. The molecular formula is C14H30O5. The zero-order valence-electron chi connectivity index (χ0n) is 13.5. The lowest BCUT2D eigenvalue weighted by atomic mass is 10.5. The van der Waals surface area contributed by atoms with Crippen LogP contribution in [-0.4, -0.2) is 37.4 Å². The second-order valence-electron chi connectivity index (χ2n) is 5.45. The summed E-state index contributed by atoms with van der Waals surface area (Å²) in [5.74, 6) is 0. The van der Waals surface area contributed by atoms with Crippen LogP contribution in [0.1, 0.15) is 55.4 Å². The van der Waals surface area contributed by atoms with Gasteiger partial charge in [0.1, 0.15) is 0 Å². The van der Waals surface area contributed by atoms with E-state index < -0.39 is 13.0 Å². The molecule has 0 aliphatic rings. The Bertz CT molecular complexity index is 174. The monoisotopic (exact) mass is 278 g/mol. The highest BCUT2D eigenvalue weighted by Gasteiger charge is 2.23. The summed E-state index contributed by atoms with van der Waals surface area (Å²) in [5.41, 5.74) is 0. The van der Waals surface area contributed by atoms with E-state index >= 15 is 0 Å². The van der Waals surface area contributed by atoms with Gasteiger partial charge in [0, 0.05) is 0 Å². The van der Waals surface area contributed by atoms with E-state index in [-0.39, 0.29) is 24.4 Å². The van der Waals surface area contributed by atoms with Gasteiger partial charge in [0.2, 0.25) is 0 Å². The van der Waals surface area contributed by atoms with Crippen LogP contribution in [0.4, 0.5) is 0 Å². The third-order valence-electron chi connectivity index (χ3n) is 1.76. The van der Waals surface area contributed by atoms with E-state index in [1.807, 2.05) is 55.4 Å². The molecule has 0 aromatic heterocycles. The molecule has 0 aliphatic carbocycles. The summed E-state index contributed by atoms with van der Waals surface area (Å²) in [6.07, 6.45) is -0.0463. The van der Waals surface area contributed by atoms with E-state index in [0.717, 1.165) is 0 Å². The Morgan fingerprint density at radius 3 is 0.737 bits per heavy atom. The Labute approximate surface area is 117 Å². The first-order valence-electron chi connectivity index (χ1n) is 6.98. The van der Waals surface area contributed by atoms with Crippen molar-refractivity contribution in [2.75, 3.05) is 0 Å². The van der Waals surface area contributed by atoms with Gasteiger partial charge >= 0.3 is 0 Å². The van der Waals surface area contributed by atoms with Crippen molar-refractivity contribution in [3.05, 3.63) is 0 Å². The highest BCUT2D eigenvalue weighted by atomic mass is 16.9. The van der Waals surface area contributed by atoms with Crippen LogP contribution in [0.15, 0.2) is 0 Å². The minimum atomic E-state index is -0.803. The minimum Gasteiger partial charge on any atom is -0.327 e. The van der Waals surface area contributed by atoms with E-state index in [2.05, 4.69) is 0 Å².